The van der Waals surface area contributed by atoms with Crippen LogP contribution in [-0.2, 0) is 4.79 Å². The minimum Gasteiger partial charge on any atom is -0.472 e. The van der Waals surface area contributed by atoms with Crippen molar-refractivity contribution >= 4 is 11.8 Å². The van der Waals surface area contributed by atoms with Gasteiger partial charge in [-0.25, -0.2) is 0 Å². The number of carbonyl (C=O) groups excluding carboxylic acids is 2. The molecule has 1 aromatic carbocycles. The number of amides is 2. The molecule has 2 rings (SSSR count). The first kappa shape index (κ1) is 16.8. The van der Waals surface area contributed by atoms with Crippen LogP contribution in [0, 0.1) is 6.92 Å². The molecule has 0 aliphatic rings. The molecule has 0 aliphatic heterocycles. The van der Waals surface area contributed by atoms with Crippen molar-refractivity contribution in [3.63, 3.8) is 0 Å². The monoisotopic (exact) mass is 316 g/mol. The van der Waals surface area contributed by atoms with E-state index in [4.69, 9.17) is 4.42 Å². The highest BCUT2D eigenvalue weighted by atomic mass is 16.3. The number of furan rings is 1. The van der Waals surface area contributed by atoms with Crippen LogP contribution in [0.1, 0.15) is 34.5 Å². The maximum Gasteiger partial charge on any atom is 0.255 e. The Morgan fingerprint density at radius 2 is 2.00 bits per heavy atom. The molecule has 0 saturated heterocycles. The zero-order valence-corrected chi connectivity index (χ0v) is 13.1. The highest BCUT2D eigenvalue weighted by molar-refractivity contribution is 5.97. The Balaban J connectivity index is 1.84. The number of aryl methyl sites for hydroxylation is 1. The van der Waals surface area contributed by atoms with Gasteiger partial charge in [-0.2, -0.15) is 0 Å². The van der Waals surface area contributed by atoms with Gasteiger partial charge in [-0.3, -0.25) is 9.59 Å². The third-order valence-corrected chi connectivity index (χ3v) is 3.54. The summed E-state index contributed by atoms with van der Waals surface area (Å²) in [5, 5.41) is 15.3. The van der Waals surface area contributed by atoms with E-state index in [9.17, 15) is 14.7 Å². The van der Waals surface area contributed by atoms with Crippen LogP contribution in [-0.4, -0.2) is 29.5 Å². The summed E-state index contributed by atoms with van der Waals surface area (Å²) in [6.45, 7) is 3.55. The highest BCUT2D eigenvalue weighted by Crippen LogP contribution is 2.16. The van der Waals surface area contributed by atoms with Gasteiger partial charge in [0.25, 0.3) is 5.91 Å². The molecular formula is C17H20N2O4. The minimum absolute atomic E-state index is 0.0790. The topological polar surface area (TPSA) is 91.6 Å². The first-order valence-electron chi connectivity index (χ1n) is 7.33. The van der Waals surface area contributed by atoms with Crippen LogP contribution >= 0.6 is 0 Å². The number of carbonyl (C=O) groups is 2. The Labute approximate surface area is 134 Å². The smallest absolute Gasteiger partial charge is 0.255 e. The van der Waals surface area contributed by atoms with Crippen molar-refractivity contribution in [2.24, 2.45) is 0 Å². The van der Waals surface area contributed by atoms with Crippen molar-refractivity contribution in [1.82, 2.24) is 10.6 Å². The molecule has 2 amide bonds. The van der Waals surface area contributed by atoms with Crippen molar-refractivity contribution in [3.05, 3.63) is 59.5 Å². The number of nitrogens with one attached hydrogen (secondary N) is 2. The SMILES string of the molecule is Cc1ccccc1C(O)CNC(=O)C(C)NC(=O)c1ccoc1. The molecule has 2 atom stereocenters. The summed E-state index contributed by atoms with van der Waals surface area (Å²) in [6, 6.07) is 8.23. The molecule has 3 N–H and O–H groups in total. The summed E-state index contributed by atoms with van der Waals surface area (Å²) in [5.41, 5.74) is 2.07. The third kappa shape index (κ3) is 4.43. The first-order valence-corrected chi connectivity index (χ1v) is 7.33. The molecule has 2 aromatic rings. The molecule has 0 saturated carbocycles. The Bertz CT molecular complexity index is 667. The van der Waals surface area contributed by atoms with Crippen molar-refractivity contribution in [3.8, 4) is 0 Å². The lowest BCUT2D eigenvalue weighted by Crippen LogP contribution is -2.45. The fourth-order valence-electron chi connectivity index (χ4n) is 2.16. The largest absolute Gasteiger partial charge is 0.472 e. The average molecular weight is 316 g/mol. The van der Waals surface area contributed by atoms with Gasteiger partial charge in [-0.1, -0.05) is 24.3 Å². The van der Waals surface area contributed by atoms with Crippen LogP contribution < -0.4 is 10.6 Å². The van der Waals surface area contributed by atoms with Gasteiger partial charge < -0.3 is 20.2 Å². The van der Waals surface area contributed by atoms with Crippen LogP contribution in [0.3, 0.4) is 0 Å². The fourth-order valence-corrected chi connectivity index (χ4v) is 2.16. The Kier molecular flexibility index (Phi) is 5.54. The second-order valence-electron chi connectivity index (χ2n) is 5.32. The number of hydrogen-bond acceptors (Lipinski definition) is 4. The van der Waals surface area contributed by atoms with E-state index in [1.54, 1.807) is 6.92 Å². The number of aliphatic hydroxyl groups excluding tert-OH is 1. The average Bonchev–Trinajstić information content (AvgIpc) is 3.07. The predicted molar refractivity (Wildman–Crippen MR) is 84.8 cm³/mol. The van der Waals surface area contributed by atoms with Gasteiger partial charge in [0.05, 0.1) is 17.9 Å². The van der Waals surface area contributed by atoms with E-state index in [1.807, 2.05) is 31.2 Å². The summed E-state index contributed by atoms with van der Waals surface area (Å²) in [6.07, 6.45) is 1.90. The number of rotatable bonds is 6. The molecule has 0 fully saturated rings. The molecule has 0 spiro atoms. The molecule has 1 aromatic heterocycles. The van der Waals surface area contributed by atoms with Crippen LogP contribution in [0.5, 0.6) is 0 Å². The third-order valence-electron chi connectivity index (χ3n) is 3.54. The zero-order chi connectivity index (χ0) is 16.8. The standard InChI is InChI=1S/C17H20N2O4/c1-11-5-3-4-6-14(11)15(20)9-18-16(21)12(2)19-17(22)13-7-8-23-10-13/h3-8,10,12,15,20H,9H2,1-2H3,(H,18,21)(H,19,22). The first-order chi connectivity index (χ1) is 11.0. The molecule has 1 heterocycles. The quantitative estimate of drug-likeness (QED) is 0.754. The second-order valence-corrected chi connectivity index (χ2v) is 5.32. The maximum atomic E-state index is 12.0. The zero-order valence-electron chi connectivity index (χ0n) is 13.1. The Morgan fingerprint density at radius 3 is 2.65 bits per heavy atom. The van der Waals surface area contributed by atoms with E-state index >= 15 is 0 Å². The normalized spacial score (nSPS) is 13.2. The lowest BCUT2D eigenvalue weighted by atomic mass is 10.0. The molecule has 0 aliphatic carbocycles. The van der Waals surface area contributed by atoms with E-state index < -0.39 is 12.1 Å². The minimum atomic E-state index is -0.795. The second kappa shape index (κ2) is 7.60. The Morgan fingerprint density at radius 1 is 1.26 bits per heavy atom. The van der Waals surface area contributed by atoms with E-state index in [0.29, 0.717) is 5.56 Å². The van der Waals surface area contributed by atoms with Crippen LogP contribution in [0.4, 0.5) is 0 Å². The molecule has 2 unspecified atom stereocenters. The molecule has 6 nitrogen and oxygen atoms in total. The van der Waals surface area contributed by atoms with E-state index in [-0.39, 0.29) is 18.4 Å². The Hall–Kier alpha value is -2.60. The number of aliphatic hydroxyl groups is 1. The number of benzene rings is 1. The molecule has 122 valence electrons. The van der Waals surface area contributed by atoms with Crippen LogP contribution in [0.25, 0.3) is 0 Å². The van der Waals surface area contributed by atoms with Crippen molar-refractivity contribution in [2.75, 3.05) is 6.54 Å². The highest BCUT2D eigenvalue weighted by Gasteiger charge is 2.18. The van der Waals surface area contributed by atoms with Gasteiger partial charge in [0, 0.05) is 6.54 Å². The summed E-state index contributed by atoms with van der Waals surface area (Å²) < 4.78 is 4.82. The van der Waals surface area contributed by atoms with Gasteiger partial charge in [0.2, 0.25) is 5.91 Å². The molecule has 0 radical (unpaired) electrons. The van der Waals surface area contributed by atoms with Crippen LogP contribution in [0.15, 0.2) is 47.3 Å². The number of hydrogen-bond donors (Lipinski definition) is 3. The van der Waals surface area contributed by atoms with Crippen LogP contribution in [0.2, 0.25) is 0 Å². The lowest BCUT2D eigenvalue weighted by Gasteiger charge is -2.17. The predicted octanol–water partition coefficient (Wildman–Crippen LogP) is 1.56. The molecular weight excluding hydrogens is 296 g/mol. The van der Waals surface area contributed by atoms with E-state index in [1.165, 1.54) is 18.6 Å². The summed E-state index contributed by atoms with van der Waals surface area (Å²) in [4.78, 5) is 23.8. The van der Waals surface area contributed by atoms with Gasteiger partial charge in [-0.15, -0.1) is 0 Å². The lowest BCUT2D eigenvalue weighted by molar-refractivity contribution is -0.123. The molecule has 6 heteroatoms. The van der Waals surface area contributed by atoms with Crippen molar-refractivity contribution in [2.45, 2.75) is 26.0 Å². The van der Waals surface area contributed by atoms with Gasteiger partial charge in [0.1, 0.15) is 12.3 Å². The summed E-state index contributed by atoms with van der Waals surface area (Å²) in [7, 11) is 0. The van der Waals surface area contributed by atoms with Gasteiger partial charge in [-0.05, 0) is 31.0 Å². The van der Waals surface area contributed by atoms with Gasteiger partial charge >= 0.3 is 0 Å². The summed E-state index contributed by atoms with van der Waals surface area (Å²) >= 11 is 0. The van der Waals surface area contributed by atoms with Gasteiger partial charge in [0.15, 0.2) is 0 Å². The fraction of sp³-hybridized carbons (Fsp3) is 0.294. The summed E-state index contributed by atoms with van der Waals surface area (Å²) in [5.74, 6) is -0.754. The van der Waals surface area contributed by atoms with Crippen molar-refractivity contribution in [1.29, 1.82) is 0 Å². The van der Waals surface area contributed by atoms with E-state index in [2.05, 4.69) is 10.6 Å². The van der Waals surface area contributed by atoms with E-state index in [0.717, 1.165) is 11.1 Å². The van der Waals surface area contributed by atoms with Crippen molar-refractivity contribution < 1.29 is 19.1 Å². The molecule has 23 heavy (non-hydrogen) atoms. The molecule has 0 bridgehead atoms. The maximum absolute atomic E-state index is 12.0.